The Morgan fingerprint density at radius 1 is 1.05 bits per heavy atom. The summed E-state index contributed by atoms with van der Waals surface area (Å²) in [5.41, 5.74) is 0.883. The molecule has 0 spiro atoms. The van der Waals surface area contributed by atoms with Crippen molar-refractivity contribution in [3.8, 4) is 0 Å². The molecule has 1 rings (SSSR count). The van der Waals surface area contributed by atoms with Crippen molar-refractivity contribution in [2.45, 2.75) is 12.8 Å². The van der Waals surface area contributed by atoms with Crippen molar-refractivity contribution in [2.75, 3.05) is 13.1 Å². The molecule has 0 aliphatic heterocycles. The summed E-state index contributed by atoms with van der Waals surface area (Å²) in [7, 11) is 0. The third-order valence-corrected chi connectivity index (χ3v) is 2.38. The Kier molecular flexibility index (Phi) is 5.46. The first-order chi connectivity index (χ1) is 8.99. The molecule has 7 nitrogen and oxygen atoms in total. The summed E-state index contributed by atoms with van der Waals surface area (Å²) in [5.74, 6) is -2.97. The molecule has 0 radical (unpaired) electrons. The van der Waals surface area contributed by atoms with Gasteiger partial charge in [-0.2, -0.15) is 0 Å². The molecule has 2 N–H and O–H groups in total. The van der Waals surface area contributed by atoms with Crippen LogP contribution in [0.4, 0.5) is 0 Å². The lowest BCUT2D eigenvalue weighted by atomic mass is 10.1. The fraction of sp³-hybridized carbons (Fsp3) is 0.333. The van der Waals surface area contributed by atoms with Crippen molar-refractivity contribution in [2.24, 2.45) is 0 Å². The lowest BCUT2D eigenvalue weighted by molar-refractivity contribution is -0.149. The second kappa shape index (κ2) is 7.10. The minimum absolute atomic E-state index is 0.0601. The molecule has 1 aromatic heterocycles. The minimum Gasteiger partial charge on any atom is -0.480 e. The Bertz CT molecular complexity index is 444. The lowest BCUT2D eigenvalue weighted by Gasteiger charge is -2.18. The van der Waals surface area contributed by atoms with Gasteiger partial charge in [-0.1, -0.05) is 0 Å². The molecule has 0 aromatic carbocycles. The number of aliphatic carboxylic acids is 2. The van der Waals surface area contributed by atoms with Gasteiger partial charge in [0.15, 0.2) is 0 Å². The van der Waals surface area contributed by atoms with Crippen LogP contribution in [0.2, 0.25) is 0 Å². The molecule has 0 saturated heterocycles. The average Bonchev–Trinajstić information content (AvgIpc) is 2.35. The van der Waals surface area contributed by atoms with Crippen LogP contribution < -0.4 is 0 Å². The predicted octanol–water partition coefficient (Wildman–Crippen LogP) is 0.0120. The number of pyridine rings is 1. The summed E-state index contributed by atoms with van der Waals surface area (Å²) in [6.45, 7) is -1.22. The first kappa shape index (κ1) is 14.6. The van der Waals surface area contributed by atoms with Crippen LogP contribution in [0.5, 0.6) is 0 Å². The average molecular weight is 266 g/mol. The highest BCUT2D eigenvalue weighted by Gasteiger charge is 2.19. The van der Waals surface area contributed by atoms with E-state index in [4.69, 9.17) is 10.2 Å². The smallest absolute Gasteiger partial charge is 0.323 e. The molecule has 1 heterocycles. The van der Waals surface area contributed by atoms with Crippen molar-refractivity contribution in [1.82, 2.24) is 9.88 Å². The largest absolute Gasteiger partial charge is 0.480 e. The molecule has 0 saturated carbocycles. The van der Waals surface area contributed by atoms with E-state index in [1.54, 1.807) is 24.5 Å². The number of hydrogen-bond donors (Lipinski definition) is 2. The molecule has 1 amide bonds. The predicted molar refractivity (Wildman–Crippen MR) is 64.4 cm³/mol. The summed E-state index contributed by atoms with van der Waals surface area (Å²) in [6.07, 6.45) is 3.65. The first-order valence-electron chi connectivity index (χ1n) is 5.59. The molecular formula is C12H14N2O5. The zero-order chi connectivity index (χ0) is 14.3. The van der Waals surface area contributed by atoms with Crippen LogP contribution in [0.15, 0.2) is 24.5 Å². The van der Waals surface area contributed by atoms with Crippen LogP contribution >= 0.6 is 0 Å². The molecule has 102 valence electrons. The summed E-state index contributed by atoms with van der Waals surface area (Å²) >= 11 is 0. The molecule has 0 aliphatic carbocycles. The monoisotopic (exact) mass is 266 g/mol. The molecule has 0 fully saturated rings. The van der Waals surface area contributed by atoms with E-state index < -0.39 is 30.9 Å². The van der Waals surface area contributed by atoms with Crippen LogP contribution in [0.25, 0.3) is 0 Å². The maximum atomic E-state index is 11.8. The number of carboxylic acids is 2. The van der Waals surface area contributed by atoms with Gasteiger partial charge < -0.3 is 15.1 Å². The summed E-state index contributed by atoms with van der Waals surface area (Å²) < 4.78 is 0. The fourth-order valence-corrected chi connectivity index (χ4v) is 1.52. The maximum Gasteiger partial charge on any atom is 0.323 e. The molecule has 0 atom stereocenters. The summed E-state index contributed by atoms with van der Waals surface area (Å²) in [6, 6.07) is 3.48. The van der Waals surface area contributed by atoms with Crippen LogP contribution in [0.3, 0.4) is 0 Å². The SMILES string of the molecule is O=C(O)CN(CC(=O)O)C(=O)CCc1ccncc1. The van der Waals surface area contributed by atoms with Crippen LogP contribution in [-0.2, 0) is 20.8 Å². The maximum absolute atomic E-state index is 11.8. The number of carbonyl (C=O) groups is 3. The minimum atomic E-state index is -1.24. The third-order valence-electron chi connectivity index (χ3n) is 2.38. The zero-order valence-corrected chi connectivity index (χ0v) is 10.2. The van der Waals surface area contributed by atoms with Gasteiger partial charge in [-0.05, 0) is 24.1 Å². The standard InChI is InChI=1S/C12H14N2O5/c15-10(2-1-9-3-5-13-6-4-9)14(7-11(16)17)8-12(18)19/h3-6H,1-2,7-8H2,(H,16,17)(H,18,19). The van der Waals surface area contributed by atoms with Gasteiger partial charge >= 0.3 is 11.9 Å². The van der Waals surface area contributed by atoms with Crippen molar-refractivity contribution >= 4 is 17.8 Å². The number of nitrogens with zero attached hydrogens (tertiary/aromatic N) is 2. The molecule has 1 aromatic rings. The lowest BCUT2D eigenvalue weighted by Crippen LogP contribution is -2.39. The number of aromatic nitrogens is 1. The normalized spacial score (nSPS) is 9.89. The van der Waals surface area contributed by atoms with E-state index in [0.717, 1.165) is 10.5 Å². The van der Waals surface area contributed by atoms with E-state index in [-0.39, 0.29) is 6.42 Å². The first-order valence-corrected chi connectivity index (χ1v) is 5.59. The number of rotatable bonds is 7. The Labute approximate surface area is 109 Å². The van der Waals surface area contributed by atoms with E-state index in [1.165, 1.54) is 0 Å². The highest BCUT2D eigenvalue weighted by atomic mass is 16.4. The second-order valence-corrected chi connectivity index (χ2v) is 3.89. The van der Waals surface area contributed by atoms with E-state index >= 15 is 0 Å². The van der Waals surface area contributed by atoms with Crippen molar-refractivity contribution in [3.05, 3.63) is 30.1 Å². The molecule has 0 unspecified atom stereocenters. The van der Waals surface area contributed by atoms with Gasteiger partial charge in [0.25, 0.3) is 0 Å². The van der Waals surface area contributed by atoms with Crippen molar-refractivity contribution in [3.63, 3.8) is 0 Å². The number of aryl methyl sites for hydroxylation is 1. The van der Waals surface area contributed by atoms with Gasteiger partial charge in [-0.15, -0.1) is 0 Å². The number of carbonyl (C=O) groups excluding carboxylic acids is 1. The van der Waals surface area contributed by atoms with Crippen molar-refractivity contribution < 1.29 is 24.6 Å². The highest BCUT2D eigenvalue weighted by molar-refractivity contribution is 5.85. The van der Waals surface area contributed by atoms with E-state index in [0.29, 0.717) is 6.42 Å². The quantitative estimate of drug-likeness (QED) is 0.719. The number of carboxylic acid groups (broad SMARTS) is 2. The fourth-order valence-electron chi connectivity index (χ4n) is 1.52. The molecule has 7 heteroatoms. The van der Waals surface area contributed by atoms with E-state index in [2.05, 4.69) is 4.98 Å². The summed E-state index contributed by atoms with van der Waals surface area (Å²) in [4.78, 5) is 37.6. The molecular weight excluding hydrogens is 252 g/mol. The summed E-state index contributed by atoms with van der Waals surface area (Å²) in [5, 5.41) is 17.3. The van der Waals surface area contributed by atoms with Gasteiger partial charge in [0.1, 0.15) is 13.1 Å². The third kappa shape index (κ3) is 5.62. The Morgan fingerprint density at radius 3 is 2.05 bits per heavy atom. The highest BCUT2D eigenvalue weighted by Crippen LogP contribution is 2.04. The van der Waals surface area contributed by atoms with Crippen LogP contribution in [0, 0.1) is 0 Å². The number of hydrogen-bond acceptors (Lipinski definition) is 4. The second-order valence-electron chi connectivity index (χ2n) is 3.89. The molecule has 0 aliphatic rings. The van der Waals surface area contributed by atoms with E-state index in [1.807, 2.05) is 0 Å². The Hall–Kier alpha value is -2.44. The topological polar surface area (TPSA) is 108 Å². The Balaban J connectivity index is 2.56. The van der Waals surface area contributed by atoms with Crippen LogP contribution in [-0.4, -0.2) is 51.0 Å². The van der Waals surface area contributed by atoms with Gasteiger partial charge in [0.2, 0.25) is 5.91 Å². The van der Waals surface area contributed by atoms with Crippen molar-refractivity contribution in [1.29, 1.82) is 0 Å². The van der Waals surface area contributed by atoms with Gasteiger partial charge in [-0.25, -0.2) is 0 Å². The van der Waals surface area contributed by atoms with Crippen LogP contribution in [0.1, 0.15) is 12.0 Å². The van der Waals surface area contributed by atoms with Gasteiger partial charge in [0.05, 0.1) is 0 Å². The van der Waals surface area contributed by atoms with Gasteiger partial charge in [-0.3, -0.25) is 19.4 Å². The molecule has 19 heavy (non-hydrogen) atoms. The Morgan fingerprint density at radius 2 is 1.58 bits per heavy atom. The number of amides is 1. The van der Waals surface area contributed by atoms with Gasteiger partial charge in [0, 0.05) is 18.8 Å². The zero-order valence-electron chi connectivity index (χ0n) is 10.2. The molecule has 0 bridgehead atoms. The van der Waals surface area contributed by atoms with E-state index in [9.17, 15) is 14.4 Å².